The lowest BCUT2D eigenvalue weighted by molar-refractivity contribution is 0.142. The van der Waals surface area contributed by atoms with Gasteiger partial charge in [0.25, 0.3) is 0 Å². The van der Waals surface area contributed by atoms with Crippen LogP contribution in [0.3, 0.4) is 0 Å². The maximum Gasteiger partial charge on any atom is 0.158 e. The van der Waals surface area contributed by atoms with Crippen molar-refractivity contribution in [1.29, 1.82) is 0 Å². The van der Waals surface area contributed by atoms with E-state index in [9.17, 15) is 4.39 Å². The highest BCUT2D eigenvalue weighted by Gasteiger charge is 2.19. The van der Waals surface area contributed by atoms with Gasteiger partial charge in [0.05, 0.1) is 12.4 Å². The predicted molar refractivity (Wildman–Crippen MR) is 60.8 cm³/mol. The number of hydrogen-bond acceptors (Lipinski definition) is 3. The number of hydrogen-bond donors (Lipinski definition) is 1. The van der Waals surface area contributed by atoms with E-state index in [1.165, 1.54) is 10.7 Å². The molecule has 1 N–H and O–H groups in total. The zero-order chi connectivity index (χ0) is 11.7. The largest absolute Gasteiger partial charge is 0.484 e. The van der Waals surface area contributed by atoms with Crippen LogP contribution in [-0.2, 0) is 0 Å². The van der Waals surface area contributed by atoms with Crippen LogP contribution in [0.25, 0.3) is 5.69 Å². The van der Waals surface area contributed by atoms with Crippen molar-refractivity contribution in [3.8, 4) is 11.4 Å². The molecule has 0 atom stereocenters. The fourth-order valence-corrected chi connectivity index (χ4v) is 1.67. The molecule has 1 saturated heterocycles. The van der Waals surface area contributed by atoms with E-state index in [-0.39, 0.29) is 11.9 Å². The van der Waals surface area contributed by atoms with Gasteiger partial charge in [0.2, 0.25) is 0 Å². The summed E-state index contributed by atoms with van der Waals surface area (Å²) in [7, 11) is 0. The number of rotatable bonds is 3. The van der Waals surface area contributed by atoms with E-state index in [1.54, 1.807) is 30.6 Å². The van der Waals surface area contributed by atoms with Crippen LogP contribution in [0.5, 0.6) is 5.75 Å². The molecule has 5 heteroatoms. The maximum atomic E-state index is 13.5. The monoisotopic (exact) mass is 233 g/mol. The summed E-state index contributed by atoms with van der Waals surface area (Å²) >= 11 is 0. The third-order valence-corrected chi connectivity index (χ3v) is 2.70. The average molecular weight is 233 g/mol. The molecular weight excluding hydrogens is 221 g/mol. The first kappa shape index (κ1) is 10.3. The molecule has 0 unspecified atom stereocenters. The second kappa shape index (κ2) is 4.18. The molecule has 1 aromatic carbocycles. The molecule has 0 bridgehead atoms. The molecule has 17 heavy (non-hydrogen) atoms. The Labute approximate surface area is 98.0 Å². The van der Waals surface area contributed by atoms with Gasteiger partial charge >= 0.3 is 0 Å². The molecule has 88 valence electrons. The minimum Gasteiger partial charge on any atom is -0.484 e. The van der Waals surface area contributed by atoms with Crippen molar-refractivity contribution in [1.82, 2.24) is 15.1 Å². The smallest absolute Gasteiger partial charge is 0.158 e. The summed E-state index contributed by atoms with van der Waals surface area (Å²) in [4.78, 5) is 0. The highest BCUT2D eigenvalue weighted by atomic mass is 19.1. The first-order valence-electron chi connectivity index (χ1n) is 5.50. The van der Waals surface area contributed by atoms with E-state index in [2.05, 4.69) is 10.4 Å². The van der Waals surface area contributed by atoms with Crippen molar-refractivity contribution in [2.24, 2.45) is 0 Å². The van der Waals surface area contributed by atoms with Gasteiger partial charge in [-0.25, -0.2) is 9.07 Å². The first-order chi connectivity index (χ1) is 8.33. The lowest BCUT2D eigenvalue weighted by Gasteiger charge is -2.26. The Hall–Kier alpha value is -1.88. The van der Waals surface area contributed by atoms with E-state index in [0.29, 0.717) is 11.4 Å². The van der Waals surface area contributed by atoms with Crippen molar-refractivity contribution >= 4 is 0 Å². The topological polar surface area (TPSA) is 39.1 Å². The van der Waals surface area contributed by atoms with Crippen LogP contribution in [0.2, 0.25) is 0 Å². The minimum absolute atomic E-state index is 0.202. The van der Waals surface area contributed by atoms with Gasteiger partial charge in [0, 0.05) is 13.1 Å². The molecule has 1 aliphatic rings. The van der Waals surface area contributed by atoms with Crippen molar-refractivity contribution in [3.05, 3.63) is 42.5 Å². The fraction of sp³-hybridized carbons (Fsp3) is 0.250. The predicted octanol–water partition coefficient (Wildman–Crippen LogP) is 1.36. The Morgan fingerprint density at radius 2 is 2.18 bits per heavy atom. The lowest BCUT2D eigenvalue weighted by atomic mass is 10.2. The number of ether oxygens (including phenoxy) is 1. The van der Waals surface area contributed by atoms with Gasteiger partial charge in [0.1, 0.15) is 17.6 Å². The SMILES string of the molecule is Fc1ccccc1-n1cc(OC2CNC2)cn1. The summed E-state index contributed by atoms with van der Waals surface area (Å²) in [5, 5.41) is 7.21. The third kappa shape index (κ3) is 2.01. The van der Waals surface area contributed by atoms with Crippen molar-refractivity contribution in [3.63, 3.8) is 0 Å². The molecule has 0 spiro atoms. The Kier molecular flexibility index (Phi) is 2.53. The Balaban J connectivity index is 1.82. The first-order valence-corrected chi connectivity index (χ1v) is 5.50. The molecular formula is C12H12FN3O. The summed E-state index contributed by atoms with van der Waals surface area (Å²) in [6.45, 7) is 1.70. The number of nitrogens with zero attached hydrogens (tertiary/aromatic N) is 2. The summed E-state index contributed by atoms with van der Waals surface area (Å²) in [6, 6.07) is 6.51. The Morgan fingerprint density at radius 1 is 1.35 bits per heavy atom. The van der Waals surface area contributed by atoms with E-state index in [0.717, 1.165) is 13.1 Å². The van der Waals surface area contributed by atoms with Crippen LogP contribution in [-0.4, -0.2) is 29.0 Å². The van der Waals surface area contributed by atoms with Crippen molar-refractivity contribution in [2.75, 3.05) is 13.1 Å². The number of para-hydroxylation sites is 1. The van der Waals surface area contributed by atoms with E-state index in [4.69, 9.17) is 4.74 Å². The van der Waals surface area contributed by atoms with Crippen LogP contribution in [0.1, 0.15) is 0 Å². The van der Waals surface area contributed by atoms with E-state index >= 15 is 0 Å². The molecule has 2 aromatic rings. The lowest BCUT2D eigenvalue weighted by Crippen LogP contribution is -2.50. The van der Waals surface area contributed by atoms with Crippen LogP contribution < -0.4 is 10.1 Å². The van der Waals surface area contributed by atoms with Gasteiger partial charge in [-0.2, -0.15) is 5.10 Å². The second-order valence-electron chi connectivity index (χ2n) is 3.97. The van der Waals surface area contributed by atoms with Crippen LogP contribution in [0, 0.1) is 5.82 Å². The molecule has 4 nitrogen and oxygen atoms in total. The molecule has 1 fully saturated rings. The Morgan fingerprint density at radius 3 is 2.88 bits per heavy atom. The molecule has 0 amide bonds. The number of nitrogens with one attached hydrogen (secondary N) is 1. The van der Waals surface area contributed by atoms with Crippen LogP contribution >= 0.6 is 0 Å². The summed E-state index contributed by atoms with van der Waals surface area (Å²) in [5.74, 6) is 0.368. The standard InChI is InChI=1S/C12H12FN3O/c13-11-3-1-2-4-12(11)16-8-10(7-15-16)17-9-5-14-6-9/h1-4,7-9,14H,5-6H2. The fourth-order valence-electron chi connectivity index (χ4n) is 1.67. The zero-order valence-electron chi connectivity index (χ0n) is 9.14. The second-order valence-corrected chi connectivity index (χ2v) is 3.97. The molecule has 3 rings (SSSR count). The minimum atomic E-state index is -0.299. The quantitative estimate of drug-likeness (QED) is 0.870. The highest BCUT2D eigenvalue weighted by molar-refractivity contribution is 5.34. The molecule has 0 saturated carbocycles. The number of aromatic nitrogens is 2. The van der Waals surface area contributed by atoms with E-state index in [1.807, 2.05) is 0 Å². The summed E-state index contributed by atoms with van der Waals surface area (Å²) in [6.07, 6.45) is 3.50. The van der Waals surface area contributed by atoms with E-state index < -0.39 is 0 Å². The average Bonchev–Trinajstić information content (AvgIpc) is 2.73. The van der Waals surface area contributed by atoms with Gasteiger partial charge in [0.15, 0.2) is 5.75 Å². The van der Waals surface area contributed by atoms with Crippen LogP contribution in [0.15, 0.2) is 36.7 Å². The highest BCUT2D eigenvalue weighted by Crippen LogP contribution is 2.17. The molecule has 0 radical (unpaired) electrons. The third-order valence-electron chi connectivity index (χ3n) is 2.70. The van der Waals surface area contributed by atoms with Gasteiger partial charge in [-0.05, 0) is 12.1 Å². The number of halogens is 1. The van der Waals surface area contributed by atoms with Gasteiger partial charge in [-0.3, -0.25) is 0 Å². The van der Waals surface area contributed by atoms with Gasteiger partial charge in [-0.15, -0.1) is 0 Å². The van der Waals surface area contributed by atoms with Gasteiger partial charge < -0.3 is 10.1 Å². The zero-order valence-corrected chi connectivity index (χ0v) is 9.14. The molecule has 0 aliphatic carbocycles. The van der Waals surface area contributed by atoms with Gasteiger partial charge in [-0.1, -0.05) is 12.1 Å². The normalized spacial score (nSPS) is 15.6. The molecule has 1 aromatic heterocycles. The molecule has 2 heterocycles. The Bertz CT molecular complexity index is 522. The van der Waals surface area contributed by atoms with Crippen molar-refractivity contribution < 1.29 is 9.13 Å². The number of benzene rings is 1. The van der Waals surface area contributed by atoms with Crippen LogP contribution in [0.4, 0.5) is 4.39 Å². The molecule has 1 aliphatic heterocycles. The summed E-state index contributed by atoms with van der Waals surface area (Å²) < 4.78 is 20.6. The summed E-state index contributed by atoms with van der Waals surface area (Å²) in [5.41, 5.74) is 0.425. The maximum absolute atomic E-state index is 13.5. The van der Waals surface area contributed by atoms with Crippen molar-refractivity contribution in [2.45, 2.75) is 6.10 Å².